The Balaban J connectivity index is 2.32. The molecule has 0 saturated heterocycles. The van der Waals surface area contributed by atoms with Gasteiger partial charge in [-0.25, -0.2) is 4.79 Å². The van der Waals surface area contributed by atoms with E-state index in [0.717, 1.165) is 0 Å². The summed E-state index contributed by atoms with van der Waals surface area (Å²) in [5.41, 5.74) is 0.477. The van der Waals surface area contributed by atoms with Gasteiger partial charge >= 0.3 is 16.1 Å². The molecule has 27 heavy (non-hydrogen) atoms. The van der Waals surface area contributed by atoms with Crippen LogP contribution in [0.15, 0.2) is 41.0 Å². The van der Waals surface area contributed by atoms with Crippen molar-refractivity contribution in [2.75, 3.05) is 5.75 Å². The van der Waals surface area contributed by atoms with Gasteiger partial charge in [0.25, 0.3) is 0 Å². The number of carbonyl (C=O) groups is 1. The zero-order chi connectivity index (χ0) is 20.0. The second-order valence-corrected chi connectivity index (χ2v) is 8.52. The minimum Gasteiger partial charge on any atom is -0.467 e. The van der Waals surface area contributed by atoms with Gasteiger partial charge in [-0.3, -0.25) is 0 Å². The first-order valence-corrected chi connectivity index (χ1v) is 10.4. The summed E-state index contributed by atoms with van der Waals surface area (Å²) in [5, 5.41) is 3.23. The number of nitrogens with one attached hydrogen (secondary N) is 1. The second-order valence-electron chi connectivity index (χ2n) is 6.22. The third-order valence-corrected chi connectivity index (χ3v) is 4.96. The van der Waals surface area contributed by atoms with Gasteiger partial charge in [-0.2, -0.15) is 8.42 Å². The predicted octanol–water partition coefficient (Wildman–Crippen LogP) is 3.78. The molecule has 0 aliphatic heterocycles. The summed E-state index contributed by atoms with van der Waals surface area (Å²) < 4.78 is 34.2. The monoisotopic (exact) mass is 414 g/mol. The molecule has 1 aromatic carbocycles. The molecule has 1 N–H and O–H groups in total. The lowest BCUT2D eigenvalue weighted by Crippen LogP contribution is -2.42. The van der Waals surface area contributed by atoms with Gasteiger partial charge in [-0.15, -0.1) is 0 Å². The summed E-state index contributed by atoms with van der Waals surface area (Å²) in [5.74, 6) is 0.571. The van der Waals surface area contributed by atoms with Crippen molar-refractivity contribution in [3.63, 3.8) is 0 Å². The van der Waals surface area contributed by atoms with E-state index < -0.39 is 10.1 Å². The number of rotatable bonds is 8. The molecule has 0 bridgehead atoms. The normalized spacial score (nSPS) is 11.4. The van der Waals surface area contributed by atoms with Crippen molar-refractivity contribution >= 4 is 27.8 Å². The third-order valence-electron chi connectivity index (χ3n) is 3.58. The first-order valence-electron chi connectivity index (χ1n) is 8.48. The van der Waals surface area contributed by atoms with Gasteiger partial charge in [0, 0.05) is 16.6 Å². The van der Waals surface area contributed by atoms with Crippen LogP contribution in [-0.2, 0) is 23.2 Å². The van der Waals surface area contributed by atoms with Gasteiger partial charge in [-0.1, -0.05) is 11.6 Å². The molecule has 0 fully saturated rings. The van der Waals surface area contributed by atoms with Crippen LogP contribution in [0.5, 0.6) is 5.75 Å². The van der Waals surface area contributed by atoms with E-state index in [4.69, 9.17) is 20.2 Å². The number of hydrogen-bond acceptors (Lipinski definition) is 5. The Bertz CT molecular complexity index is 866. The van der Waals surface area contributed by atoms with E-state index in [0.29, 0.717) is 16.3 Å². The van der Waals surface area contributed by atoms with Crippen LogP contribution in [-0.4, -0.2) is 31.1 Å². The number of amides is 2. The zero-order valence-electron chi connectivity index (χ0n) is 15.4. The predicted molar refractivity (Wildman–Crippen MR) is 103 cm³/mol. The summed E-state index contributed by atoms with van der Waals surface area (Å²) in [6.07, 6.45) is 1.52. The van der Waals surface area contributed by atoms with E-state index in [-0.39, 0.29) is 36.7 Å². The molecule has 9 heteroatoms. The molecule has 148 valence electrons. The number of halogens is 1. The van der Waals surface area contributed by atoms with Crippen molar-refractivity contribution in [3.8, 4) is 5.75 Å². The fraction of sp³-hybridized carbons (Fsp3) is 0.389. The van der Waals surface area contributed by atoms with E-state index in [1.165, 1.54) is 30.2 Å². The molecule has 1 heterocycles. The number of urea groups is 1. The molecule has 0 aliphatic carbocycles. The topological polar surface area (TPSA) is 88.9 Å². The van der Waals surface area contributed by atoms with Crippen LogP contribution in [0.25, 0.3) is 0 Å². The number of hydrogen-bond donors (Lipinski definition) is 1. The summed E-state index contributed by atoms with van der Waals surface area (Å²) in [7, 11) is -3.71. The Morgan fingerprint density at radius 1 is 1.30 bits per heavy atom. The van der Waals surface area contributed by atoms with Crippen LogP contribution in [0.1, 0.15) is 32.1 Å². The molecule has 0 radical (unpaired) electrons. The van der Waals surface area contributed by atoms with Gasteiger partial charge in [0.15, 0.2) is 0 Å². The van der Waals surface area contributed by atoms with Gasteiger partial charge in [0.1, 0.15) is 11.5 Å². The van der Waals surface area contributed by atoms with Gasteiger partial charge < -0.3 is 18.8 Å². The molecule has 2 rings (SSSR count). The fourth-order valence-corrected chi connectivity index (χ4v) is 3.03. The van der Waals surface area contributed by atoms with Crippen molar-refractivity contribution in [2.24, 2.45) is 0 Å². The van der Waals surface area contributed by atoms with E-state index in [1.807, 2.05) is 13.8 Å². The molecular formula is C18H23ClN2O5S. The van der Waals surface area contributed by atoms with Gasteiger partial charge in [-0.05, 0) is 51.1 Å². The lowest BCUT2D eigenvalue weighted by Gasteiger charge is -2.24. The van der Waals surface area contributed by atoms with E-state index in [9.17, 15) is 13.2 Å². The van der Waals surface area contributed by atoms with Crippen molar-refractivity contribution in [2.45, 2.75) is 39.9 Å². The molecule has 0 atom stereocenters. The molecule has 0 aliphatic rings. The van der Waals surface area contributed by atoms with E-state index in [2.05, 4.69) is 5.32 Å². The highest BCUT2D eigenvalue weighted by Crippen LogP contribution is 2.26. The summed E-state index contributed by atoms with van der Waals surface area (Å²) in [4.78, 5) is 14.1. The molecule has 0 saturated carbocycles. The smallest absolute Gasteiger partial charge is 0.318 e. The molecule has 2 aromatic rings. The average Bonchev–Trinajstić information content (AvgIpc) is 3.09. The van der Waals surface area contributed by atoms with Crippen molar-refractivity contribution in [3.05, 3.63) is 52.9 Å². The van der Waals surface area contributed by atoms with Gasteiger partial charge in [0.05, 0.1) is 25.1 Å². The number of benzene rings is 1. The highest BCUT2D eigenvalue weighted by molar-refractivity contribution is 7.87. The van der Waals surface area contributed by atoms with E-state index >= 15 is 0 Å². The molecule has 2 amide bonds. The lowest BCUT2D eigenvalue weighted by atomic mass is 10.2. The molecule has 7 nitrogen and oxygen atoms in total. The van der Waals surface area contributed by atoms with Crippen LogP contribution in [0, 0.1) is 0 Å². The summed E-state index contributed by atoms with van der Waals surface area (Å²) in [6, 6.07) is 7.72. The Morgan fingerprint density at radius 2 is 2.04 bits per heavy atom. The Morgan fingerprint density at radius 3 is 2.63 bits per heavy atom. The number of furan rings is 1. The highest BCUT2D eigenvalue weighted by atomic mass is 35.5. The van der Waals surface area contributed by atoms with Crippen LogP contribution in [0.4, 0.5) is 4.79 Å². The molecule has 0 spiro atoms. The fourth-order valence-electron chi connectivity index (χ4n) is 2.28. The molecular weight excluding hydrogens is 392 g/mol. The van der Waals surface area contributed by atoms with Crippen LogP contribution < -0.4 is 9.50 Å². The van der Waals surface area contributed by atoms with Crippen molar-refractivity contribution < 1.29 is 21.8 Å². The third kappa shape index (κ3) is 6.48. The van der Waals surface area contributed by atoms with Crippen LogP contribution >= 0.6 is 11.6 Å². The molecule has 0 unspecified atom stereocenters. The zero-order valence-corrected chi connectivity index (χ0v) is 17.0. The van der Waals surface area contributed by atoms with E-state index in [1.54, 1.807) is 18.2 Å². The van der Waals surface area contributed by atoms with Crippen LogP contribution in [0.3, 0.4) is 0 Å². The van der Waals surface area contributed by atoms with Gasteiger partial charge in [0.2, 0.25) is 0 Å². The SMILES string of the molecule is CCS(=O)(=O)Oc1ccc(Cl)cc1CN(Cc1ccco1)C(=O)NC(C)C. The minimum absolute atomic E-state index is 0.0628. The summed E-state index contributed by atoms with van der Waals surface area (Å²) >= 11 is 6.07. The maximum atomic E-state index is 12.6. The average molecular weight is 415 g/mol. The maximum absolute atomic E-state index is 12.6. The number of nitrogens with zero attached hydrogens (tertiary/aromatic N) is 1. The quantitative estimate of drug-likeness (QED) is 0.664. The first-order chi connectivity index (χ1) is 12.7. The minimum atomic E-state index is -3.71. The van der Waals surface area contributed by atoms with Crippen LogP contribution in [0.2, 0.25) is 5.02 Å². The largest absolute Gasteiger partial charge is 0.467 e. The standard InChI is InChI=1S/C18H23ClN2O5S/c1-4-27(23,24)26-17-8-7-15(19)10-14(17)11-21(18(22)20-13(2)3)12-16-6-5-9-25-16/h5-10,13H,4,11-12H2,1-3H3,(H,20,22). The lowest BCUT2D eigenvalue weighted by molar-refractivity contribution is 0.184. The Labute approximate surface area is 164 Å². The molecule has 1 aromatic heterocycles. The Hall–Kier alpha value is -2.19. The Kier molecular flexibility index (Phi) is 7.15. The summed E-state index contributed by atoms with van der Waals surface area (Å²) in [6.45, 7) is 5.49. The first kappa shape index (κ1) is 21.1. The van der Waals surface area contributed by atoms with Crippen molar-refractivity contribution in [1.29, 1.82) is 0 Å². The van der Waals surface area contributed by atoms with Crippen molar-refractivity contribution in [1.82, 2.24) is 10.2 Å². The highest BCUT2D eigenvalue weighted by Gasteiger charge is 2.20. The second kappa shape index (κ2) is 9.14. The maximum Gasteiger partial charge on any atom is 0.318 e. The number of carbonyl (C=O) groups excluding carboxylic acids is 1.